The van der Waals surface area contributed by atoms with Crippen LogP contribution >= 0.6 is 11.8 Å². The fraction of sp³-hybridized carbons (Fsp3) is 0.308. The minimum Gasteiger partial charge on any atom is -0.726 e. The van der Waals surface area contributed by atoms with Crippen molar-refractivity contribution in [2.45, 2.75) is 10.1 Å². The number of anilines is 1. The lowest BCUT2D eigenvalue weighted by Gasteiger charge is -2.04. The highest BCUT2D eigenvalue weighted by Crippen LogP contribution is 2.32. The van der Waals surface area contributed by atoms with E-state index in [4.69, 9.17) is 0 Å². The van der Waals surface area contributed by atoms with E-state index in [9.17, 15) is 23.1 Å². The maximum absolute atomic E-state index is 10.9. The molecular weight excluding hydrogens is 372 g/mol. The highest BCUT2D eigenvalue weighted by molar-refractivity contribution is 7.99. The molecule has 12 heteroatoms. The van der Waals surface area contributed by atoms with Crippen LogP contribution in [0.25, 0.3) is 0 Å². The Hall–Kier alpha value is -2.15. The van der Waals surface area contributed by atoms with E-state index in [0.29, 0.717) is 5.69 Å². The van der Waals surface area contributed by atoms with Gasteiger partial charge in [0.2, 0.25) is 10.4 Å². The minimum atomic E-state index is -4.41. The van der Waals surface area contributed by atoms with Crippen molar-refractivity contribution in [3.63, 3.8) is 0 Å². The van der Waals surface area contributed by atoms with Gasteiger partial charge in [-0.1, -0.05) is 0 Å². The van der Waals surface area contributed by atoms with Crippen LogP contribution in [0.2, 0.25) is 0 Å². The topological polar surface area (TPSA) is 130 Å². The van der Waals surface area contributed by atoms with Gasteiger partial charge in [-0.3, -0.25) is 14.3 Å². The molecule has 0 fully saturated rings. The number of nitro groups is 1. The second-order valence-electron chi connectivity index (χ2n) is 4.67. The second-order valence-corrected chi connectivity index (χ2v) is 6.86. The molecular formula is C13H18N4O6S2. The molecule has 1 aromatic heterocycles. The van der Waals surface area contributed by atoms with Crippen LogP contribution in [0.4, 0.5) is 11.4 Å². The first-order chi connectivity index (χ1) is 11.6. The van der Waals surface area contributed by atoms with Crippen molar-refractivity contribution >= 4 is 33.5 Å². The molecule has 2 rings (SSSR count). The Labute approximate surface area is 149 Å². The average molecular weight is 390 g/mol. The third-order valence-electron chi connectivity index (χ3n) is 2.96. The van der Waals surface area contributed by atoms with E-state index in [-0.39, 0.29) is 10.6 Å². The Morgan fingerprint density at radius 3 is 2.40 bits per heavy atom. The summed E-state index contributed by atoms with van der Waals surface area (Å²) in [6.07, 6.45) is 3.93. The molecule has 25 heavy (non-hydrogen) atoms. The number of nitro benzene ring substituents is 1. The van der Waals surface area contributed by atoms with Crippen molar-refractivity contribution in [1.82, 2.24) is 4.57 Å². The number of aromatic nitrogens is 2. The van der Waals surface area contributed by atoms with Gasteiger partial charge in [-0.25, -0.2) is 17.6 Å². The Morgan fingerprint density at radius 2 is 2.00 bits per heavy atom. The van der Waals surface area contributed by atoms with Crippen molar-refractivity contribution in [2.75, 3.05) is 19.5 Å². The summed E-state index contributed by atoms with van der Waals surface area (Å²) in [7, 11) is 2.01. The van der Waals surface area contributed by atoms with E-state index < -0.39 is 10.4 Å². The molecule has 0 atom stereocenters. The molecule has 1 aromatic carbocycles. The number of rotatable bonds is 5. The van der Waals surface area contributed by atoms with E-state index in [1.165, 1.54) is 6.07 Å². The number of imidazole rings is 1. The van der Waals surface area contributed by atoms with Crippen LogP contribution in [0, 0.1) is 10.1 Å². The van der Waals surface area contributed by atoms with E-state index in [1.807, 2.05) is 35.6 Å². The monoisotopic (exact) mass is 390 g/mol. The van der Waals surface area contributed by atoms with Gasteiger partial charge in [0, 0.05) is 18.0 Å². The maximum Gasteiger partial charge on any atom is 0.322 e. The molecule has 0 aliphatic rings. The van der Waals surface area contributed by atoms with Crippen LogP contribution in [0.3, 0.4) is 0 Å². The largest absolute Gasteiger partial charge is 0.726 e. The van der Waals surface area contributed by atoms with E-state index >= 15 is 0 Å². The van der Waals surface area contributed by atoms with E-state index in [2.05, 4.69) is 9.50 Å². The van der Waals surface area contributed by atoms with Crippen molar-refractivity contribution in [3.8, 4) is 0 Å². The van der Waals surface area contributed by atoms with Gasteiger partial charge in [0.1, 0.15) is 18.1 Å². The summed E-state index contributed by atoms with van der Waals surface area (Å²) in [4.78, 5) is 11.4. The first-order valence-corrected chi connectivity index (χ1v) is 8.90. The predicted molar refractivity (Wildman–Crippen MR) is 90.1 cm³/mol. The zero-order chi connectivity index (χ0) is 19.2. The molecule has 0 radical (unpaired) electrons. The lowest BCUT2D eigenvalue weighted by molar-refractivity contribution is -0.709. The van der Waals surface area contributed by atoms with E-state index in [0.717, 1.165) is 17.2 Å². The number of nitrogens with zero attached hydrogens (tertiary/aromatic N) is 3. The summed E-state index contributed by atoms with van der Waals surface area (Å²) < 4.78 is 35.0. The maximum atomic E-state index is 10.9. The summed E-state index contributed by atoms with van der Waals surface area (Å²) in [6, 6.07) is 5.07. The minimum absolute atomic E-state index is 0.0862. The highest BCUT2D eigenvalue weighted by Gasteiger charge is 2.17. The molecule has 0 spiro atoms. The molecule has 0 bridgehead atoms. The Bertz CT molecular complexity index is 831. The summed E-state index contributed by atoms with van der Waals surface area (Å²) in [5.41, 5.74) is 0.606. The zero-order valence-electron chi connectivity index (χ0n) is 14.0. The highest BCUT2D eigenvalue weighted by atomic mass is 32.3. The molecule has 0 aliphatic heterocycles. The number of aryl methyl sites for hydroxylation is 2. The summed E-state index contributed by atoms with van der Waals surface area (Å²) in [5, 5.41) is 14.8. The van der Waals surface area contributed by atoms with Gasteiger partial charge in [0.15, 0.2) is 0 Å². The van der Waals surface area contributed by atoms with Crippen molar-refractivity contribution in [2.24, 2.45) is 14.1 Å². The van der Waals surface area contributed by atoms with Gasteiger partial charge in [-0.05, 0) is 23.9 Å². The lowest BCUT2D eigenvalue weighted by atomic mass is 10.3. The number of nitrogens with one attached hydrogen (secondary N) is 1. The van der Waals surface area contributed by atoms with Crippen molar-refractivity contribution in [3.05, 3.63) is 40.7 Å². The average Bonchev–Trinajstić information content (AvgIpc) is 2.86. The fourth-order valence-electron chi connectivity index (χ4n) is 1.76. The quantitative estimate of drug-likeness (QED) is 0.263. The smallest absolute Gasteiger partial charge is 0.322 e. The molecule has 1 heterocycles. The van der Waals surface area contributed by atoms with Crippen LogP contribution in [0.15, 0.2) is 40.6 Å². The second kappa shape index (κ2) is 8.80. The summed E-state index contributed by atoms with van der Waals surface area (Å²) >= 11 is 1.56. The molecule has 10 nitrogen and oxygen atoms in total. The predicted octanol–water partition coefficient (Wildman–Crippen LogP) is 1.04. The molecule has 1 N–H and O–H groups in total. The zero-order valence-corrected chi connectivity index (χ0v) is 15.6. The molecule has 0 saturated carbocycles. The lowest BCUT2D eigenvalue weighted by Crippen LogP contribution is -2.28. The molecule has 2 aromatic rings. The fourth-order valence-corrected chi connectivity index (χ4v) is 2.70. The standard InChI is InChI=1S/C12H15N4O2S.CH4O4S/c1-13-10-8-9(4-5-11(10)16(17)18)19-12-14(2)6-7-15(12)3;1-5-6(2,3)4/h4-8,13H,1-3H3;1H3,(H,2,3,4)/q+1;/p-1. The molecule has 0 saturated heterocycles. The van der Waals surface area contributed by atoms with Crippen LogP contribution in [-0.4, -0.2) is 36.6 Å². The normalized spacial score (nSPS) is 10.8. The van der Waals surface area contributed by atoms with Gasteiger partial charge in [-0.15, -0.1) is 0 Å². The Balaban J connectivity index is 0.000000450. The van der Waals surface area contributed by atoms with E-state index in [1.54, 1.807) is 30.9 Å². The molecule has 0 aliphatic carbocycles. The molecule has 0 amide bonds. The molecule has 138 valence electrons. The summed E-state index contributed by atoms with van der Waals surface area (Å²) in [6.45, 7) is 0. The third kappa shape index (κ3) is 6.34. The third-order valence-corrected chi connectivity index (χ3v) is 4.62. The van der Waals surface area contributed by atoms with Crippen LogP contribution in [0.5, 0.6) is 0 Å². The number of hydrogen-bond acceptors (Lipinski definition) is 8. The van der Waals surface area contributed by atoms with Crippen LogP contribution < -0.4 is 9.88 Å². The van der Waals surface area contributed by atoms with Crippen LogP contribution in [-0.2, 0) is 28.7 Å². The van der Waals surface area contributed by atoms with Gasteiger partial charge in [0.25, 0.3) is 5.69 Å². The SMILES string of the molecule is CNc1cc(Sc2n(C)cc[n+]2C)ccc1[N+](=O)[O-].COS(=O)(=O)[O-]. The van der Waals surface area contributed by atoms with Crippen molar-refractivity contribution < 1.29 is 26.6 Å². The Kier molecular flexibility index (Phi) is 7.36. The van der Waals surface area contributed by atoms with Gasteiger partial charge in [-0.2, -0.15) is 0 Å². The van der Waals surface area contributed by atoms with Crippen molar-refractivity contribution in [1.29, 1.82) is 0 Å². The first-order valence-electron chi connectivity index (χ1n) is 6.75. The number of hydrogen-bond donors (Lipinski definition) is 1. The van der Waals surface area contributed by atoms with Gasteiger partial charge in [0.05, 0.1) is 26.1 Å². The first kappa shape index (κ1) is 20.9. The van der Waals surface area contributed by atoms with Crippen LogP contribution in [0.1, 0.15) is 0 Å². The van der Waals surface area contributed by atoms with Gasteiger partial charge < -0.3 is 9.87 Å². The number of benzene rings is 1. The summed E-state index contributed by atoms with van der Waals surface area (Å²) in [5.74, 6) is 0. The molecule has 0 unspecified atom stereocenters. The van der Waals surface area contributed by atoms with Gasteiger partial charge >= 0.3 is 5.16 Å². The Morgan fingerprint density at radius 1 is 1.40 bits per heavy atom.